The van der Waals surface area contributed by atoms with Crippen LogP contribution in [0, 0.1) is 6.92 Å². The molecule has 0 N–H and O–H groups in total. The van der Waals surface area contributed by atoms with Crippen LogP contribution in [0.5, 0.6) is 5.75 Å². The molecule has 0 spiro atoms. The maximum Gasteiger partial charge on any atom is 0.270 e. The van der Waals surface area contributed by atoms with Gasteiger partial charge in [0.1, 0.15) is 11.4 Å². The molecule has 1 fully saturated rings. The molecule has 1 aromatic carbocycles. The van der Waals surface area contributed by atoms with Crippen LogP contribution < -0.4 is 4.74 Å². The van der Waals surface area contributed by atoms with E-state index in [4.69, 9.17) is 4.74 Å². The molecule has 2 amide bonds. The van der Waals surface area contributed by atoms with Gasteiger partial charge < -0.3 is 19.1 Å². The Morgan fingerprint density at radius 1 is 1.07 bits per heavy atom. The number of carbonyl (C=O) groups excluding carboxylic acids is 2. The number of hydrogen-bond acceptors (Lipinski definition) is 4. The molecule has 0 bridgehead atoms. The summed E-state index contributed by atoms with van der Waals surface area (Å²) in [6.45, 7) is 6.57. The highest BCUT2D eigenvalue weighted by Crippen LogP contribution is 2.30. The Kier molecular flexibility index (Phi) is 5.32. The van der Waals surface area contributed by atoms with Crippen molar-refractivity contribution >= 4 is 33.4 Å². The summed E-state index contributed by atoms with van der Waals surface area (Å²) in [5.41, 5.74) is 2.87. The number of aromatic nitrogens is 1. The minimum absolute atomic E-state index is 0.0251. The Morgan fingerprint density at radius 2 is 1.79 bits per heavy atom. The number of aryl methyl sites for hydroxylation is 1. The van der Waals surface area contributed by atoms with E-state index in [2.05, 4.69) is 17.6 Å². The van der Waals surface area contributed by atoms with Gasteiger partial charge in [-0.3, -0.25) is 9.59 Å². The van der Waals surface area contributed by atoms with Crippen molar-refractivity contribution in [2.24, 2.45) is 0 Å². The summed E-state index contributed by atoms with van der Waals surface area (Å²) in [4.78, 5) is 29.8. The zero-order chi connectivity index (χ0) is 20.5. The normalized spacial score (nSPS) is 14.4. The molecule has 2 aromatic heterocycles. The van der Waals surface area contributed by atoms with Crippen LogP contribution in [0.4, 0.5) is 0 Å². The number of carbonyl (C=O) groups is 2. The SMILES string of the molecule is COc1cccc(Cn2c(C(=O)N3CCN(C(C)=O)CC3)cc3sc(C)cc32)c1. The molecule has 3 heterocycles. The third-order valence-corrected chi connectivity index (χ3v) is 6.41. The van der Waals surface area contributed by atoms with Crippen LogP contribution in [0.2, 0.25) is 0 Å². The van der Waals surface area contributed by atoms with E-state index in [-0.39, 0.29) is 11.8 Å². The van der Waals surface area contributed by atoms with Crippen molar-refractivity contribution in [3.8, 4) is 5.75 Å². The van der Waals surface area contributed by atoms with Gasteiger partial charge in [0, 0.05) is 44.5 Å². The molecule has 6 nitrogen and oxygen atoms in total. The smallest absolute Gasteiger partial charge is 0.270 e. The van der Waals surface area contributed by atoms with Crippen molar-refractivity contribution in [1.29, 1.82) is 0 Å². The van der Waals surface area contributed by atoms with Crippen molar-refractivity contribution in [2.45, 2.75) is 20.4 Å². The third kappa shape index (κ3) is 3.87. The van der Waals surface area contributed by atoms with Gasteiger partial charge in [0.05, 0.1) is 17.3 Å². The molecule has 0 radical (unpaired) electrons. The second kappa shape index (κ2) is 7.91. The van der Waals surface area contributed by atoms with Crippen molar-refractivity contribution in [1.82, 2.24) is 14.4 Å². The molecule has 1 aliphatic heterocycles. The van der Waals surface area contributed by atoms with Crippen molar-refractivity contribution < 1.29 is 14.3 Å². The summed E-state index contributed by atoms with van der Waals surface area (Å²) in [5, 5.41) is 0. The first-order valence-corrected chi connectivity index (χ1v) is 10.6. The summed E-state index contributed by atoms with van der Waals surface area (Å²) in [7, 11) is 1.66. The molecular formula is C22H25N3O3S. The molecule has 29 heavy (non-hydrogen) atoms. The molecule has 1 aliphatic rings. The molecule has 7 heteroatoms. The quantitative estimate of drug-likeness (QED) is 0.661. The average molecular weight is 412 g/mol. The van der Waals surface area contributed by atoms with Crippen LogP contribution in [-0.4, -0.2) is 59.5 Å². The van der Waals surface area contributed by atoms with Crippen LogP contribution in [0.3, 0.4) is 0 Å². The fourth-order valence-electron chi connectivity index (χ4n) is 3.85. The Balaban J connectivity index is 1.65. The molecule has 0 saturated carbocycles. The Hall–Kier alpha value is -2.80. The number of ether oxygens (including phenoxy) is 1. The first-order chi connectivity index (χ1) is 14.0. The Morgan fingerprint density at radius 3 is 2.48 bits per heavy atom. The fraction of sp³-hybridized carbons (Fsp3) is 0.364. The van der Waals surface area contributed by atoms with Crippen LogP contribution >= 0.6 is 11.3 Å². The van der Waals surface area contributed by atoms with Crippen molar-refractivity contribution in [3.63, 3.8) is 0 Å². The maximum atomic E-state index is 13.3. The van der Waals surface area contributed by atoms with E-state index < -0.39 is 0 Å². The molecule has 0 atom stereocenters. The first kappa shape index (κ1) is 19.5. The fourth-order valence-corrected chi connectivity index (χ4v) is 4.81. The highest BCUT2D eigenvalue weighted by Gasteiger charge is 2.26. The second-order valence-corrected chi connectivity index (χ2v) is 8.66. The molecule has 152 valence electrons. The van der Waals surface area contributed by atoms with Crippen LogP contribution in [0.1, 0.15) is 27.9 Å². The number of fused-ring (bicyclic) bond motifs is 1. The summed E-state index contributed by atoms with van der Waals surface area (Å²) in [6.07, 6.45) is 0. The van der Waals surface area contributed by atoms with E-state index in [9.17, 15) is 9.59 Å². The molecule has 1 saturated heterocycles. The highest BCUT2D eigenvalue weighted by atomic mass is 32.1. The number of amides is 2. The number of benzene rings is 1. The zero-order valence-corrected chi connectivity index (χ0v) is 17.8. The second-order valence-electron chi connectivity index (χ2n) is 7.37. The monoisotopic (exact) mass is 411 g/mol. The number of piperazine rings is 1. The number of rotatable bonds is 4. The average Bonchev–Trinajstić information content (AvgIpc) is 3.24. The highest BCUT2D eigenvalue weighted by molar-refractivity contribution is 7.19. The number of nitrogens with zero attached hydrogens (tertiary/aromatic N) is 3. The lowest BCUT2D eigenvalue weighted by molar-refractivity contribution is -0.130. The number of methoxy groups -OCH3 is 1. The Labute approximate surface area is 174 Å². The lowest BCUT2D eigenvalue weighted by Crippen LogP contribution is -2.50. The number of thiophene rings is 1. The zero-order valence-electron chi connectivity index (χ0n) is 17.0. The molecule has 0 unspecified atom stereocenters. The van der Waals surface area contributed by atoms with Crippen LogP contribution in [0.15, 0.2) is 36.4 Å². The Bertz CT molecular complexity index is 1060. The molecule has 0 aliphatic carbocycles. The largest absolute Gasteiger partial charge is 0.497 e. The van der Waals surface area contributed by atoms with Crippen molar-refractivity contribution in [3.05, 3.63) is 52.5 Å². The van der Waals surface area contributed by atoms with Crippen molar-refractivity contribution in [2.75, 3.05) is 33.3 Å². The minimum Gasteiger partial charge on any atom is -0.497 e. The van der Waals surface area contributed by atoms with Gasteiger partial charge in [-0.25, -0.2) is 0 Å². The van der Waals surface area contributed by atoms with Crippen LogP contribution in [-0.2, 0) is 11.3 Å². The van der Waals surface area contributed by atoms with Gasteiger partial charge in [-0.15, -0.1) is 11.3 Å². The van der Waals surface area contributed by atoms with Gasteiger partial charge in [0.2, 0.25) is 5.91 Å². The van der Waals surface area contributed by atoms with Gasteiger partial charge in [-0.2, -0.15) is 0 Å². The standard InChI is InChI=1S/C22H25N3O3S/c1-15-11-19-21(29-15)13-20(22(27)24-9-7-23(8-10-24)16(2)26)25(19)14-17-5-4-6-18(12-17)28-3/h4-6,11-13H,7-10,14H2,1-3H3. The van der Waals surface area contributed by atoms with E-state index >= 15 is 0 Å². The lowest BCUT2D eigenvalue weighted by atomic mass is 10.2. The van der Waals surface area contributed by atoms with E-state index in [1.165, 1.54) is 4.88 Å². The first-order valence-electron chi connectivity index (χ1n) is 9.73. The van der Waals surface area contributed by atoms with E-state index in [1.54, 1.807) is 30.3 Å². The topological polar surface area (TPSA) is 54.8 Å². The van der Waals surface area contributed by atoms with Gasteiger partial charge in [-0.05, 0) is 36.8 Å². The molecule has 3 aromatic rings. The van der Waals surface area contributed by atoms with E-state index in [0.717, 1.165) is 21.5 Å². The minimum atomic E-state index is 0.0251. The lowest BCUT2D eigenvalue weighted by Gasteiger charge is -2.34. The van der Waals surface area contributed by atoms with Crippen LogP contribution in [0.25, 0.3) is 10.2 Å². The third-order valence-electron chi connectivity index (χ3n) is 5.42. The van der Waals surface area contributed by atoms with E-state index in [1.807, 2.05) is 35.2 Å². The van der Waals surface area contributed by atoms with Gasteiger partial charge in [-0.1, -0.05) is 12.1 Å². The van der Waals surface area contributed by atoms with Gasteiger partial charge in [0.15, 0.2) is 0 Å². The predicted molar refractivity (Wildman–Crippen MR) is 115 cm³/mol. The van der Waals surface area contributed by atoms with Gasteiger partial charge in [0.25, 0.3) is 5.91 Å². The molecular weight excluding hydrogens is 386 g/mol. The maximum absolute atomic E-state index is 13.3. The summed E-state index contributed by atoms with van der Waals surface area (Å²) in [6, 6.07) is 12.1. The predicted octanol–water partition coefficient (Wildman–Crippen LogP) is 3.37. The number of hydrogen-bond donors (Lipinski definition) is 0. The summed E-state index contributed by atoms with van der Waals surface area (Å²) < 4.78 is 8.58. The summed E-state index contributed by atoms with van der Waals surface area (Å²) in [5.74, 6) is 0.896. The summed E-state index contributed by atoms with van der Waals surface area (Å²) >= 11 is 1.70. The van der Waals surface area contributed by atoms with Gasteiger partial charge >= 0.3 is 0 Å². The molecule has 4 rings (SSSR count). The van der Waals surface area contributed by atoms with E-state index in [0.29, 0.717) is 38.4 Å².